The van der Waals surface area contributed by atoms with Crippen molar-refractivity contribution >= 4 is 17.2 Å². The van der Waals surface area contributed by atoms with E-state index in [2.05, 4.69) is 33.0 Å². The number of hydrogen-bond donors (Lipinski definition) is 0. The van der Waals surface area contributed by atoms with Gasteiger partial charge in [0.1, 0.15) is 10.7 Å². The molecule has 1 aliphatic rings. The van der Waals surface area contributed by atoms with Crippen LogP contribution in [0.25, 0.3) is 0 Å². The number of amides is 1. The van der Waals surface area contributed by atoms with Crippen LogP contribution in [0.15, 0.2) is 36.2 Å². The third-order valence-corrected chi connectivity index (χ3v) is 5.22. The maximum absolute atomic E-state index is 12.7. The molecule has 0 aromatic carbocycles. The van der Waals surface area contributed by atoms with E-state index in [9.17, 15) is 4.79 Å². The van der Waals surface area contributed by atoms with Crippen LogP contribution in [-0.4, -0.2) is 54.0 Å². The second-order valence-corrected chi connectivity index (χ2v) is 7.60. The fourth-order valence-electron chi connectivity index (χ4n) is 3.24. The number of carbonyl (C=O) groups is 1. The lowest BCUT2D eigenvalue weighted by Crippen LogP contribution is -2.31. The number of fused-ring (bicyclic) bond motifs is 1. The lowest BCUT2D eigenvalue weighted by atomic mass is 10.3. The summed E-state index contributed by atoms with van der Waals surface area (Å²) in [6.45, 7) is 3.60. The van der Waals surface area contributed by atoms with Gasteiger partial charge in [-0.25, -0.2) is 9.97 Å². The minimum atomic E-state index is -0.0832. The van der Waals surface area contributed by atoms with Gasteiger partial charge in [-0.1, -0.05) is 0 Å². The van der Waals surface area contributed by atoms with Gasteiger partial charge in [0, 0.05) is 43.6 Å². The Bertz CT molecular complexity index is 894. The minimum Gasteiger partial charge on any atom is -0.331 e. The van der Waals surface area contributed by atoms with Crippen LogP contribution in [0.2, 0.25) is 0 Å². The summed E-state index contributed by atoms with van der Waals surface area (Å²) >= 11 is 1.66. The van der Waals surface area contributed by atoms with Crippen molar-refractivity contribution < 1.29 is 4.79 Å². The molecule has 0 saturated carbocycles. The van der Waals surface area contributed by atoms with E-state index in [0.717, 1.165) is 42.5 Å². The molecule has 8 nitrogen and oxygen atoms in total. The number of nitrogens with zero attached hydrogens (tertiary/aromatic N) is 7. The number of aromatic nitrogens is 5. The molecular weight excluding hydrogens is 362 g/mol. The molecule has 0 radical (unpaired) electrons. The Morgan fingerprint density at radius 3 is 2.93 bits per heavy atom. The van der Waals surface area contributed by atoms with E-state index in [0.29, 0.717) is 18.8 Å². The molecule has 1 amide bonds. The average molecular weight is 383 g/mol. The molecule has 0 atom stereocenters. The zero-order valence-corrected chi connectivity index (χ0v) is 16.0. The number of thiazole rings is 1. The normalized spacial score (nSPS) is 14.2. The number of carbonyl (C=O) groups excluding carboxylic acids is 1. The summed E-state index contributed by atoms with van der Waals surface area (Å²) in [6.07, 6.45) is 7.34. The van der Waals surface area contributed by atoms with Gasteiger partial charge in [0.25, 0.3) is 5.91 Å². The van der Waals surface area contributed by atoms with Crippen LogP contribution in [0.3, 0.4) is 0 Å². The number of aryl methyl sites for hydroxylation is 1. The van der Waals surface area contributed by atoms with Gasteiger partial charge < -0.3 is 4.90 Å². The molecule has 0 unspecified atom stereocenters. The fraction of sp³-hybridized carbons (Fsp3) is 0.389. The molecule has 0 spiro atoms. The van der Waals surface area contributed by atoms with Gasteiger partial charge in [0.15, 0.2) is 0 Å². The van der Waals surface area contributed by atoms with Crippen molar-refractivity contribution in [1.29, 1.82) is 0 Å². The van der Waals surface area contributed by atoms with Crippen LogP contribution in [0.4, 0.5) is 0 Å². The molecule has 0 fully saturated rings. The predicted molar refractivity (Wildman–Crippen MR) is 101 cm³/mol. The highest BCUT2D eigenvalue weighted by Gasteiger charge is 2.22. The molecular formula is C18H21N7OS. The molecule has 0 aliphatic carbocycles. The van der Waals surface area contributed by atoms with Crippen LogP contribution in [0.1, 0.15) is 33.3 Å². The van der Waals surface area contributed by atoms with E-state index in [1.807, 2.05) is 21.2 Å². The first kappa shape index (κ1) is 17.7. The van der Waals surface area contributed by atoms with Gasteiger partial charge in [0.05, 0.1) is 30.7 Å². The highest BCUT2D eigenvalue weighted by atomic mass is 32.1. The predicted octanol–water partition coefficient (Wildman–Crippen LogP) is 1.81. The summed E-state index contributed by atoms with van der Waals surface area (Å²) in [4.78, 5) is 29.2. The SMILES string of the molecule is CN(Cc1cc2n(n1)CCCN(C(=O)c1cnccn1)C2)Cc1nccs1. The van der Waals surface area contributed by atoms with Gasteiger partial charge >= 0.3 is 0 Å². The zero-order valence-electron chi connectivity index (χ0n) is 15.2. The summed E-state index contributed by atoms with van der Waals surface area (Å²) in [6, 6.07) is 2.10. The third kappa shape index (κ3) is 4.20. The highest BCUT2D eigenvalue weighted by molar-refractivity contribution is 7.09. The van der Waals surface area contributed by atoms with E-state index >= 15 is 0 Å². The van der Waals surface area contributed by atoms with Crippen molar-refractivity contribution in [3.63, 3.8) is 0 Å². The van der Waals surface area contributed by atoms with E-state index in [-0.39, 0.29) is 5.91 Å². The zero-order chi connectivity index (χ0) is 18.6. The van der Waals surface area contributed by atoms with Crippen LogP contribution in [0.5, 0.6) is 0 Å². The van der Waals surface area contributed by atoms with E-state index in [4.69, 9.17) is 5.10 Å². The monoisotopic (exact) mass is 383 g/mol. The van der Waals surface area contributed by atoms with Crippen LogP contribution < -0.4 is 0 Å². The summed E-state index contributed by atoms with van der Waals surface area (Å²) in [7, 11) is 2.07. The van der Waals surface area contributed by atoms with E-state index in [1.165, 1.54) is 6.20 Å². The van der Waals surface area contributed by atoms with Crippen molar-refractivity contribution in [3.8, 4) is 0 Å². The molecule has 140 valence electrons. The lowest BCUT2D eigenvalue weighted by molar-refractivity contribution is 0.0739. The maximum atomic E-state index is 12.7. The quantitative estimate of drug-likeness (QED) is 0.668. The van der Waals surface area contributed by atoms with Crippen LogP contribution >= 0.6 is 11.3 Å². The number of rotatable bonds is 5. The second-order valence-electron chi connectivity index (χ2n) is 6.62. The first-order valence-corrected chi connectivity index (χ1v) is 9.75. The Morgan fingerprint density at radius 2 is 2.15 bits per heavy atom. The Hall–Kier alpha value is -2.65. The third-order valence-electron chi connectivity index (χ3n) is 4.45. The second kappa shape index (κ2) is 7.93. The molecule has 4 rings (SSSR count). The molecule has 27 heavy (non-hydrogen) atoms. The first-order valence-electron chi connectivity index (χ1n) is 8.87. The summed E-state index contributed by atoms with van der Waals surface area (Å²) in [5.41, 5.74) is 2.45. The van der Waals surface area contributed by atoms with Crippen LogP contribution in [-0.2, 0) is 26.2 Å². The highest BCUT2D eigenvalue weighted by Crippen LogP contribution is 2.17. The molecule has 0 bridgehead atoms. The minimum absolute atomic E-state index is 0.0832. The Labute approximate surface area is 161 Å². The summed E-state index contributed by atoms with van der Waals surface area (Å²) in [5, 5.41) is 7.83. The van der Waals surface area contributed by atoms with Crippen molar-refractivity contribution in [2.75, 3.05) is 13.6 Å². The largest absolute Gasteiger partial charge is 0.331 e. The number of hydrogen-bond acceptors (Lipinski definition) is 7. The fourth-order valence-corrected chi connectivity index (χ4v) is 3.93. The molecule has 1 aliphatic heterocycles. The lowest BCUT2D eigenvalue weighted by Gasteiger charge is -2.19. The van der Waals surface area contributed by atoms with E-state index < -0.39 is 0 Å². The van der Waals surface area contributed by atoms with Gasteiger partial charge in [-0.05, 0) is 19.5 Å². The van der Waals surface area contributed by atoms with Gasteiger partial charge in [-0.15, -0.1) is 11.3 Å². The Morgan fingerprint density at radius 1 is 1.22 bits per heavy atom. The van der Waals surface area contributed by atoms with Crippen molar-refractivity contribution in [2.45, 2.75) is 32.6 Å². The van der Waals surface area contributed by atoms with Gasteiger partial charge in [-0.3, -0.25) is 19.4 Å². The molecule has 4 heterocycles. The average Bonchev–Trinajstić information content (AvgIpc) is 3.27. The Kier molecular flexibility index (Phi) is 5.21. The molecule has 3 aromatic rings. The Balaban J connectivity index is 1.44. The molecule has 9 heteroatoms. The smallest absolute Gasteiger partial charge is 0.274 e. The molecule has 0 saturated heterocycles. The van der Waals surface area contributed by atoms with Crippen molar-refractivity contribution in [1.82, 2.24) is 34.5 Å². The molecule has 3 aromatic heterocycles. The van der Waals surface area contributed by atoms with Crippen molar-refractivity contribution in [2.24, 2.45) is 0 Å². The maximum Gasteiger partial charge on any atom is 0.274 e. The topological polar surface area (TPSA) is 80.0 Å². The van der Waals surface area contributed by atoms with Crippen molar-refractivity contribution in [3.05, 3.63) is 58.3 Å². The van der Waals surface area contributed by atoms with Crippen LogP contribution in [0, 0.1) is 0 Å². The first-order chi connectivity index (χ1) is 13.2. The standard InChI is InChI=1S/C18H21N7OS/c1-23(13-17-21-5-8-27-17)11-14-9-15-12-24(6-2-7-25(15)22-14)18(26)16-10-19-3-4-20-16/h3-5,8-10H,2,6-7,11-13H2,1H3. The summed E-state index contributed by atoms with van der Waals surface area (Å²) < 4.78 is 2.02. The summed E-state index contributed by atoms with van der Waals surface area (Å²) in [5.74, 6) is -0.0832. The van der Waals surface area contributed by atoms with Gasteiger partial charge in [-0.2, -0.15) is 5.10 Å². The van der Waals surface area contributed by atoms with E-state index in [1.54, 1.807) is 23.7 Å². The van der Waals surface area contributed by atoms with Gasteiger partial charge in [0.2, 0.25) is 0 Å². The molecule has 0 N–H and O–H groups in total.